The molecular weight excluding hydrogens is 306 g/mol. The Labute approximate surface area is 141 Å². The minimum absolute atomic E-state index is 0.0229. The van der Waals surface area contributed by atoms with Gasteiger partial charge in [0.05, 0.1) is 6.61 Å². The van der Waals surface area contributed by atoms with Crippen molar-refractivity contribution in [3.8, 4) is 0 Å². The standard InChI is InChI=1S/C18H23N3O3/c1-4-24-18(23)21-11-9-20(10-12-21)17(22)16-13(2)14-7-5-6-8-15(14)19(16)3/h5-8H,4,9-12H2,1-3H3. The Balaban J connectivity index is 1.78. The zero-order valence-electron chi connectivity index (χ0n) is 14.4. The molecule has 2 aromatic rings. The molecule has 0 unspecified atom stereocenters. The Morgan fingerprint density at radius 1 is 1.08 bits per heavy atom. The van der Waals surface area contributed by atoms with Crippen LogP contribution in [-0.2, 0) is 11.8 Å². The molecule has 0 aliphatic carbocycles. The molecule has 1 fully saturated rings. The Morgan fingerprint density at radius 2 is 1.71 bits per heavy atom. The van der Waals surface area contributed by atoms with Gasteiger partial charge < -0.3 is 19.1 Å². The summed E-state index contributed by atoms with van der Waals surface area (Å²) in [5.41, 5.74) is 2.79. The highest BCUT2D eigenvalue weighted by Crippen LogP contribution is 2.25. The first-order valence-electron chi connectivity index (χ1n) is 8.29. The summed E-state index contributed by atoms with van der Waals surface area (Å²) >= 11 is 0. The maximum atomic E-state index is 13.0. The molecule has 6 heteroatoms. The summed E-state index contributed by atoms with van der Waals surface area (Å²) < 4.78 is 6.98. The van der Waals surface area contributed by atoms with Crippen molar-refractivity contribution in [1.82, 2.24) is 14.4 Å². The lowest BCUT2D eigenvalue weighted by Gasteiger charge is -2.34. The number of hydrogen-bond acceptors (Lipinski definition) is 3. The second kappa shape index (κ2) is 6.55. The number of carbonyl (C=O) groups is 2. The predicted molar refractivity (Wildman–Crippen MR) is 92.2 cm³/mol. The van der Waals surface area contributed by atoms with Crippen molar-refractivity contribution >= 4 is 22.9 Å². The highest BCUT2D eigenvalue weighted by atomic mass is 16.6. The van der Waals surface area contributed by atoms with E-state index in [0.29, 0.717) is 32.8 Å². The van der Waals surface area contributed by atoms with Crippen LogP contribution in [0.25, 0.3) is 10.9 Å². The van der Waals surface area contributed by atoms with E-state index in [1.54, 1.807) is 11.8 Å². The first-order valence-corrected chi connectivity index (χ1v) is 8.29. The molecule has 1 saturated heterocycles. The molecule has 1 aliphatic heterocycles. The molecule has 0 N–H and O–H groups in total. The minimum Gasteiger partial charge on any atom is -0.450 e. The smallest absolute Gasteiger partial charge is 0.409 e. The Hall–Kier alpha value is -2.50. The van der Waals surface area contributed by atoms with Gasteiger partial charge in [0.25, 0.3) is 5.91 Å². The molecule has 24 heavy (non-hydrogen) atoms. The van der Waals surface area contributed by atoms with E-state index in [4.69, 9.17) is 4.74 Å². The van der Waals surface area contributed by atoms with Gasteiger partial charge in [0, 0.05) is 44.1 Å². The summed E-state index contributed by atoms with van der Waals surface area (Å²) in [4.78, 5) is 28.2. The van der Waals surface area contributed by atoms with Gasteiger partial charge in [0.15, 0.2) is 0 Å². The molecular formula is C18H23N3O3. The number of hydrogen-bond donors (Lipinski definition) is 0. The number of fused-ring (bicyclic) bond motifs is 1. The number of carbonyl (C=O) groups excluding carboxylic acids is 2. The normalized spacial score (nSPS) is 15.0. The molecule has 6 nitrogen and oxygen atoms in total. The van der Waals surface area contributed by atoms with Gasteiger partial charge in [-0.05, 0) is 25.5 Å². The van der Waals surface area contributed by atoms with Crippen LogP contribution in [0.1, 0.15) is 23.0 Å². The van der Waals surface area contributed by atoms with Crippen molar-refractivity contribution in [1.29, 1.82) is 0 Å². The van der Waals surface area contributed by atoms with Crippen LogP contribution in [0.15, 0.2) is 24.3 Å². The van der Waals surface area contributed by atoms with E-state index in [-0.39, 0.29) is 12.0 Å². The largest absolute Gasteiger partial charge is 0.450 e. The summed E-state index contributed by atoms with van der Waals surface area (Å²) in [6.07, 6.45) is -0.301. The van der Waals surface area contributed by atoms with Crippen LogP contribution in [0.3, 0.4) is 0 Å². The van der Waals surface area contributed by atoms with Gasteiger partial charge in [-0.15, -0.1) is 0 Å². The molecule has 1 aliphatic rings. The highest BCUT2D eigenvalue weighted by Gasteiger charge is 2.28. The van der Waals surface area contributed by atoms with Gasteiger partial charge in [-0.1, -0.05) is 18.2 Å². The molecule has 0 spiro atoms. The summed E-state index contributed by atoms with van der Waals surface area (Å²) in [6, 6.07) is 8.04. The van der Waals surface area contributed by atoms with Gasteiger partial charge in [0.2, 0.25) is 0 Å². The van der Waals surface area contributed by atoms with Crippen molar-refractivity contribution in [3.05, 3.63) is 35.5 Å². The minimum atomic E-state index is -0.301. The van der Waals surface area contributed by atoms with E-state index in [2.05, 4.69) is 0 Å². The summed E-state index contributed by atoms with van der Waals surface area (Å²) in [7, 11) is 1.93. The van der Waals surface area contributed by atoms with Gasteiger partial charge in [-0.2, -0.15) is 0 Å². The lowest BCUT2D eigenvalue weighted by atomic mass is 10.1. The van der Waals surface area contributed by atoms with Crippen LogP contribution < -0.4 is 0 Å². The summed E-state index contributed by atoms with van der Waals surface area (Å²) in [5, 5.41) is 1.11. The average molecular weight is 329 g/mol. The molecule has 0 atom stereocenters. The fourth-order valence-electron chi connectivity index (χ4n) is 3.34. The average Bonchev–Trinajstić information content (AvgIpc) is 2.86. The monoisotopic (exact) mass is 329 g/mol. The fourth-order valence-corrected chi connectivity index (χ4v) is 3.34. The Bertz CT molecular complexity index is 734. The zero-order valence-corrected chi connectivity index (χ0v) is 14.4. The topological polar surface area (TPSA) is 54.8 Å². The quantitative estimate of drug-likeness (QED) is 0.850. The van der Waals surface area contributed by atoms with E-state index < -0.39 is 0 Å². The molecule has 128 valence electrons. The molecule has 0 bridgehead atoms. The maximum Gasteiger partial charge on any atom is 0.409 e. The number of ether oxygens (including phenoxy) is 1. The third-order valence-electron chi connectivity index (χ3n) is 4.66. The first kappa shape index (κ1) is 16.4. The lowest BCUT2D eigenvalue weighted by molar-refractivity contribution is 0.0563. The van der Waals surface area contributed by atoms with Gasteiger partial charge in [0.1, 0.15) is 5.69 Å². The number of piperazine rings is 1. The third-order valence-corrected chi connectivity index (χ3v) is 4.66. The van der Waals surface area contributed by atoms with E-state index >= 15 is 0 Å². The number of nitrogens with zero attached hydrogens (tertiary/aromatic N) is 3. The zero-order chi connectivity index (χ0) is 17.3. The number of benzene rings is 1. The van der Waals surface area contributed by atoms with Crippen LogP contribution in [0, 0.1) is 6.92 Å². The fraction of sp³-hybridized carbons (Fsp3) is 0.444. The maximum absolute atomic E-state index is 13.0. The Morgan fingerprint density at radius 3 is 2.33 bits per heavy atom. The Kier molecular flexibility index (Phi) is 4.46. The second-order valence-electron chi connectivity index (χ2n) is 6.03. The lowest BCUT2D eigenvalue weighted by Crippen LogP contribution is -2.51. The SMILES string of the molecule is CCOC(=O)N1CCN(C(=O)c2c(C)c3ccccc3n2C)CC1. The van der Waals surface area contributed by atoms with Crippen LogP contribution in [-0.4, -0.2) is 59.2 Å². The molecule has 1 aromatic heterocycles. The molecule has 0 radical (unpaired) electrons. The highest BCUT2D eigenvalue weighted by molar-refractivity contribution is 6.01. The molecule has 2 heterocycles. The third kappa shape index (κ3) is 2.72. The van der Waals surface area contributed by atoms with E-state index in [1.807, 2.05) is 47.7 Å². The van der Waals surface area contributed by atoms with Crippen molar-refractivity contribution < 1.29 is 14.3 Å². The second-order valence-corrected chi connectivity index (χ2v) is 6.03. The van der Waals surface area contributed by atoms with Crippen LogP contribution in [0.5, 0.6) is 0 Å². The molecule has 2 amide bonds. The van der Waals surface area contributed by atoms with Crippen molar-refractivity contribution in [3.63, 3.8) is 0 Å². The van der Waals surface area contributed by atoms with Crippen molar-refractivity contribution in [2.45, 2.75) is 13.8 Å². The van der Waals surface area contributed by atoms with E-state index in [9.17, 15) is 9.59 Å². The van der Waals surface area contributed by atoms with Crippen LogP contribution in [0.4, 0.5) is 4.79 Å². The molecule has 1 aromatic carbocycles. The summed E-state index contributed by atoms with van der Waals surface area (Å²) in [6.45, 7) is 6.22. The van der Waals surface area contributed by atoms with Gasteiger partial charge in [-0.3, -0.25) is 4.79 Å². The van der Waals surface area contributed by atoms with Crippen LogP contribution in [0.2, 0.25) is 0 Å². The molecule has 3 rings (SSSR count). The van der Waals surface area contributed by atoms with E-state index in [0.717, 1.165) is 22.2 Å². The van der Waals surface area contributed by atoms with Crippen molar-refractivity contribution in [2.24, 2.45) is 7.05 Å². The number of amides is 2. The van der Waals surface area contributed by atoms with Gasteiger partial charge >= 0.3 is 6.09 Å². The van der Waals surface area contributed by atoms with Crippen molar-refractivity contribution in [2.75, 3.05) is 32.8 Å². The van der Waals surface area contributed by atoms with Crippen LogP contribution >= 0.6 is 0 Å². The number of rotatable bonds is 2. The van der Waals surface area contributed by atoms with E-state index in [1.165, 1.54) is 0 Å². The summed E-state index contributed by atoms with van der Waals surface area (Å²) in [5.74, 6) is 0.0229. The predicted octanol–water partition coefficient (Wildman–Crippen LogP) is 2.40. The number of aromatic nitrogens is 1. The molecule has 0 saturated carbocycles. The first-order chi connectivity index (χ1) is 11.5. The van der Waals surface area contributed by atoms with Gasteiger partial charge in [-0.25, -0.2) is 4.79 Å². The number of para-hydroxylation sites is 1. The number of aryl methyl sites for hydroxylation is 2.